The second kappa shape index (κ2) is 16.2. The molecule has 1 atom stereocenters. The van der Waals surface area contributed by atoms with Gasteiger partial charge < -0.3 is 20.3 Å². The summed E-state index contributed by atoms with van der Waals surface area (Å²) in [4.78, 5) is 58.3. The number of hydrogen-bond donors (Lipinski definition) is 3. The van der Waals surface area contributed by atoms with Gasteiger partial charge in [0.25, 0.3) is 5.91 Å². The maximum atomic E-state index is 13.8. The minimum atomic E-state index is -4.80. The van der Waals surface area contributed by atoms with Crippen LogP contribution in [0.5, 0.6) is 5.75 Å². The predicted octanol–water partition coefficient (Wildman–Crippen LogP) is 5.44. The number of amides is 4. The fourth-order valence-corrected chi connectivity index (χ4v) is 8.56. The van der Waals surface area contributed by atoms with Crippen LogP contribution in [-0.4, -0.2) is 95.0 Å². The van der Waals surface area contributed by atoms with Crippen molar-refractivity contribution in [3.63, 3.8) is 0 Å². The Hall–Kier alpha value is -5.57. The van der Waals surface area contributed by atoms with Crippen molar-refractivity contribution in [3.8, 4) is 11.8 Å². The van der Waals surface area contributed by atoms with E-state index in [9.17, 15) is 37.6 Å². The highest BCUT2D eigenvalue weighted by Gasteiger charge is 2.55. The number of rotatable bonds is 12. The standard InChI is InChI=1S/C42H45F3N8O5S/c1-4-26-22-31(53-39(59)52(38(57)40(53,2)3)30-9-8-27(25-46)32(24-30)42(43,44)45)10-12-34(26)58-21-20-50-16-18-51(19-17-50)41(14-15-41)37(56)48-29-7-5-6-28(23-29)47-33-11-13-35(54)49-36(33)55/h5-10,12,22-24,33,47H,4,11,13-21H2,1-3H3,(H,48,56)(H,49,54,55). The zero-order valence-electron chi connectivity index (χ0n) is 32.9. The molecule has 3 aliphatic heterocycles. The van der Waals surface area contributed by atoms with Crippen molar-refractivity contribution in [2.75, 3.05) is 59.8 Å². The van der Waals surface area contributed by atoms with Crippen molar-refractivity contribution >= 4 is 63.7 Å². The fourth-order valence-electron chi connectivity index (χ4n) is 8.04. The molecular formula is C42H45F3N8O5S. The molecule has 1 aliphatic carbocycles. The molecule has 0 spiro atoms. The Balaban J connectivity index is 0.925. The van der Waals surface area contributed by atoms with E-state index in [0.717, 1.165) is 61.6 Å². The third-order valence-electron chi connectivity index (χ3n) is 11.5. The number of ether oxygens (including phenoxy) is 1. The summed E-state index contributed by atoms with van der Waals surface area (Å²) in [6.07, 6.45) is -1.98. The normalized spacial score (nSPS) is 20.6. The van der Waals surface area contributed by atoms with E-state index in [2.05, 4.69) is 25.8 Å². The Kier molecular flexibility index (Phi) is 11.4. The highest BCUT2D eigenvalue weighted by atomic mass is 32.1. The lowest BCUT2D eigenvalue weighted by Gasteiger charge is -2.39. The Bertz CT molecular complexity index is 2230. The molecular weight excluding hydrogens is 786 g/mol. The van der Waals surface area contributed by atoms with Crippen LogP contribution in [0.15, 0.2) is 60.7 Å². The van der Waals surface area contributed by atoms with E-state index in [1.54, 1.807) is 36.9 Å². The molecule has 3 N–H and O–H groups in total. The fraction of sp³-hybridized carbons (Fsp3) is 0.429. The number of halogens is 3. The number of alkyl halides is 3. The summed E-state index contributed by atoms with van der Waals surface area (Å²) in [6, 6.07) is 16.9. The minimum absolute atomic E-state index is 0.0201. The van der Waals surface area contributed by atoms with Crippen LogP contribution >= 0.6 is 12.2 Å². The number of nitrogens with one attached hydrogen (secondary N) is 3. The average molecular weight is 831 g/mol. The molecule has 3 aromatic rings. The van der Waals surface area contributed by atoms with E-state index in [4.69, 9.17) is 17.0 Å². The van der Waals surface area contributed by atoms with Crippen LogP contribution in [0.4, 0.5) is 35.9 Å². The van der Waals surface area contributed by atoms with Gasteiger partial charge in [-0.05, 0) is 112 Å². The number of carbonyl (C=O) groups excluding carboxylic acids is 4. The van der Waals surface area contributed by atoms with Gasteiger partial charge in [0.15, 0.2) is 5.11 Å². The first kappa shape index (κ1) is 41.6. The number of anilines is 4. The van der Waals surface area contributed by atoms with Gasteiger partial charge in [0, 0.05) is 56.2 Å². The Morgan fingerprint density at radius 1 is 1.00 bits per heavy atom. The minimum Gasteiger partial charge on any atom is -0.492 e. The second-order valence-corrected chi connectivity index (χ2v) is 16.1. The topological polar surface area (TPSA) is 150 Å². The van der Waals surface area contributed by atoms with Gasteiger partial charge >= 0.3 is 6.18 Å². The maximum Gasteiger partial charge on any atom is 0.417 e. The van der Waals surface area contributed by atoms with Crippen molar-refractivity contribution in [2.24, 2.45) is 0 Å². The molecule has 0 radical (unpaired) electrons. The Morgan fingerprint density at radius 2 is 1.71 bits per heavy atom. The van der Waals surface area contributed by atoms with Crippen LogP contribution in [0.25, 0.3) is 0 Å². The van der Waals surface area contributed by atoms with Crippen LogP contribution in [-0.2, 0) is 31.8 Å². The third-order valence-corrected chi connectivity index (χ3v) is 11.9. The van der Waals surface area contributed by atoms with Gasteiger partial charge in [-0.2, -0.15) is 18.4 Å². The lowest BCUT2D eigenvalue weighted by molar-refractivity contribution is -0.138. The van der Waals surface area contributed by atoms with Gasteiger partial charge in [0.2, 0.25) is 17.7 Å². The molecule has 17 heteroatoms. The van der Waals surface area contributed by atoms with Crippen molar-refractivity contribution in [1.82, 2.24) is 15.1 Å². The van der Waals surface area contributed by atoms with Gasteiger partial charge in [-0.25, -0.2) is 0 Å². The van der Waals surface area contributed by atoms with E-state index in [0.29, 0.717) is 48.8 Å². The van der Waals surface area contributed by atoms with Crippen molar-refractivity contribution < 1.29 is 37.1 Å². The van der Waals surface area contributed by atoms with E-state index >= 15 is 0 Å². The SMILES string of the molecule is CCc1cc(N2C(=S)N(c3ccc(C#N)c(C(F)(F)F)c3)C(=O)C2(C)C)ccc1OCCN1CCN(C2(C(=O)Nc3cccc(NC4CCC(=O)NC4=O)c3)CC2)CC1. The third kappa shape index (κ3) is 8.34. The number of thiocarbonyl (C=S) groups is 1. The lowest BCUT2D eigenvalue weighted by Crippen LogP contribution is -2.55. The molecule has 310 valence electrons. The number of piperidine rings is 1. The molecule has 0 aromatic heterocycles. The van der Waals surface area contributed by atoms with Crippen LogP contribution in [0.2, 0.25) is 0 Å². The van der Waals surface area contributed by atoms with Crippen LogP contribution in [0.3, 0.4) is 0 Å². The smallest absolute Gasteiger partial charge is 0.417 e. The molecule has 3 aromatic carbocycles. The van der Waals surface area contributed by atoms with Crippen molar-refractivity contribution in [2.45, 2.75) is 76.2 Å². The van der Waals surface area contributed by atoms with E-state index in [1.165, 1.54) is 6.07 Å². The summed E-state index contributed by atoms with van der Waals surface area (Å²) in [5.74, 6) is -0.521. The number of carbonyl (C=O) groups is 4. The van der Waals surface area contributed by atoms with Gasteiger partial charge in [-0.3, -0.25) is 39.2 Å². The van der Waals surface area contributed by atoms with Crippen molar-refractivity contribution in [3.05, 3.63) is 77.4 Å². The zero-order valence-corrected chi connectivity index (χ0v) is 33.8. The number of nitrogens with zero attached hydrogens (tertiary/aromatic N) is 5. The summed E-state index contributed by atoms with van der Waals surface area (Å²) >= 11 is 5.72. The van der Waals surface area contributed by atoms with Crippen LogP contribution < -0.4 is 30.5 Å². The lowest BCUT2D eigenvalue weighted by atomic mass is 10.0. The predicted molar refractivity (Wildman–Crippen MR) is 219 cm³/mol. The van der Waals surface area contributed by atoms with Gasteiger partial charge in [-0.1, -0.05) is 13.0 Å². The maximum absolute atomic E-state index is 13.8. The van der Waals surface area contributed by atoms with Crippen LogP contribution in [0, 0.1) is 11.3 Å². The van der Waals surface area contributed by atoms with Crippen LogP contribution in [0.1, 0.15) is 63.1 Å². The van der Waals surface area contributed by atoms with E-state index < -0.39 is 40.3 Å². The molecule has 4 fully saturated rings. The first-order chi connectivity index (χ1) is 28.0. The highest BCUT2D eigenvalue weighted by Crippen LogP contribution is 2.44. The number of nitriles is 1. The summed E-state index contributed by atoms with van der Waals surface area (Å²) in [5, 5.41) is 17.8. The second-order valence-electron chi connectivity index (χ2n) is 15.7. The molecule has 1 unspecified atom stereocenters. The number of benzene rings is 3. The summed E-state index contributed by atoms with van der Waals surface area (Å²) in [7, 11) is 0. The molecule has 7 rings (SSSR count). The molecule has 4 amide bonds. The quantitative estimate of drug-likeness (QED) is 0.158. The first-order valence-corrected chi connectivity index (χ1v) is 20.0. The molecule has 3 saturated heterocycles. The molecule has 0 bridgehead atoms. The largest absolute Gasteiger partial charge is 0.492 e. The molecule has 3 heterocycles. The van der Waals surface area contributed by atoms with Gasteiger partial charge in [-0.15, -0.1) is 0 Å². The molecule has 1 saturated carbocycles. The van der Waals surface area contributed by atoms with Crippen molar-refractivity contribution in [1.29, 1.82) is 5.26 Å². The highest BCUT2D eigenvalue weighted by molar-refractivity contribution is 7.81. The number of imide groups is 1. The van der Waals surface area contributed by atoms with Gasteiger partial charge in [0.1, 0.15) is 29.5 Å². The average Bonchev–Trinajstić information content (AvgIpc) is 3.99. The Morgan fingerprint density at radius 3 is 2.37 bits per heavy atom. The monoisotopic (exact) mass is 830 g/mol. The Labute approximate surface area is 345 Å². The number of aryl methyl sites for hydroxylation is 1. The molecule has 13 nitrogen and oxygen atoms in total. The summed E-state index contributed by atoms with van der Waals surface area (Å²) in [6.45, 7) is 9.36. The van der Waals surface area contributed by atoms with Gasteiger partial charge in [0.05, 0.1) is 22.9 Å². The van der Waals surface area contributed by atoms with E-state index in [1.807, 2.05) is 37.3 Å². The molecule has 4 aliphatic rings. The number of piperazine rings is 1. The molecule has 59 heavy (non-hydrogen) atoms. The zero-order chi connectivity index (χ0) is 42.3. The number of hydrogen-bond acceptors (Lipinski definition) is 10. The first-order valence-electron chi connectivity index (χ1n) is 19.6. The summed E-state index contributed by atoms with van der Waals surface area (Å²) < 4.78 is 47.6. The summed E-state index contributed by atoms with van der Waals surface area (Å²) in [5.41, 5.74) is -0.772. The van der Waals surface area contributed by atoms with E-state index in [-0.39, 0.29) is 34.9 Å².